The Kier molecular flexibility index (Phi) is 3.50. The first-order valence-electron chi connectivity index (χ1n) is 6.28. The van der Waals surface area contributed by atoms with Gasteiger partial charge in [-0.1, -0.05) is 20.3 Å². The van der Waals surface area contributed by atoms with Gasteiger partial charge < -0.3 is 10.4 Å². The minimum absolute atomic E-state index is 0.140. The Labute approximate surface area is 107 Å². The van der Waals surface area contributed by atoms with Crippen LogP contribution in [-0.2, 0) is 0 Å². The van der Waals surface area contributed by atoms with Gasteiger partial charge in [-0.15, -0.1) is 0 Å². The summed E-state index contributed by atoms with van der Waals surface area (Å²) in [5, 5.41) is 12.3. The smallest absolute Gasteiger partial charge is 0.341 e. The standard InChI is InChI=1S/C13H19N3O2/c1-13(2)5-3-4-9(6-13)16-11-10(12(17)18)7-14-8-15-11/h7-9H,3-6H2,1-2H3,(H,17,18)(H,14,15,16). The average molecular weight is 249 g/mol. The first kappa shape index (κ1) is 12.8. The molecule has 5 nitrogen and oxygen atoms in total. The Morgan fingerprint density at radius 1 is 1.56 bits per heavy atom. The summed E-state index contributed by atoms with van der Waals surface area (Å²) in [6, 6.07) is 0.293. The van der Waals surface area contributed by atoms with Gasteiger partial charge in [0.1, 0.15) is 17.7 Å². The molecule has 0 amide bonds. The van der Waals surface area contributed by atoms with E-state index < -0.39 is 5.97 Å². The number of nitrogens with one attached hydrogen (secondary N) is 1. The molecule has 0 bridgehead atoms. The summed E-state index contributed by atoms with van der Waals surface area (Å²) in [6.07, 6.45) is 7.20. The summed E-state index contributed by atoms with van der Waals surface area (Å²) in [7, 11) is 0. The van der Waals surface area contributed by atoms with Crippen molar-refractivity contribution in [2.24, 2.45) is 5.41 Å². The Morgan fingerprint density at radius 2 is 2.33 bits per heavy atom. The van der Waals surface area contributed by atoms with Crippen molar-refractivity contribution >= 4 is 11.8 Å². The number of carboxylic acid groups (broad SMARTS) is 1. The summed E-state index contributed by atoms with van der Waals surface area (Å²) in [5.74, 6) is -0.562. The van der Waals surface area contributed by atoms with Crippen molar-refractivity contribution in [3.63, 3.8) is 0 Å². The number of aromatic nitrogens is 2. The van der Waals surface area contributed by atoms with Crippen LogP contribution in [0.3, 0.4) is 0 Å². The highest BCUT2D eigenvalue weighted by molar-refractivity contribution is 5.92. The largest absolute Gasteiger partial charge is 0.477 e. The highest BCUT2D eigenvalue weighted by Crippen LogP contribution is 2.36. The summed E-state index contributed by atoms with van der Waals surface area (Å²) in [5.41, 5.74) is 0.452. The van der Waals surface area contributed by atoms with Gasteiger partial charge in [-0.05, 0) is 24.7 Å². The molecule has 1 atom stereocenters. The van der Waals surface area contributed by atoms with Crippen molar-refractivity contribution in [3.8, 4) is 0 Å². The van der Waals surface area contributed by atoms with E-state index in [4.69, 9.17) is 5.11 Å². The molecule has 1 unspecified atom stereocenters. The van der Waals surface area contributed by atoms with E-state index in [0.29, 0.717) is 17.3 Å². The van der Waals surface area contributed by atoms with Crippen LogP contribution < -0.4 is 5.32 Å². The number of rotatable bonds is 3. The molecule has 0 radical (unpaired) electrons. The zero-order valence-electron chi connectivity index (χ0n) is 10.8. The summed E-state index contributed by atoms with van der Waals surface area (Å²) < 4.78 is 0. The molecule has 0 aliphatic heterocycles. The summed E-state index contributed by atoms with van der Waals surface area (Å²) in [6.45, 7) is 4.50. The fraction of sp³-hybridized carbons (Fsp3) is 0.615. The summed E-state index contributed by atoms with van der Waals surface area (Å²) in [4.78, 5) is 18.9. The Morgan fingerprint density at radius 3 is 3.00 bits per heavy atom. The topological polar surface area (TPSA) is 75.1 Å². The molecule has 98 valence electrons. The lowest BCUT2D eigenvalue weighted by Crippen LogP contribution is -2.32. The maximum atomic E-state index is 11.1. The Balaban J connectivity index is 2.12. The zero-order valence-corrected chi connectivity index (χ0v) is 10.8. The lowest BCUT2D eigenvalue weighted by Gasteiger charge is -2.35. The van der Waals surface area contributed by atoms with E-state index in [-0.39, 0.29) is 5.56 Å². The molecule has 5 heteroatoms. The molecular formula is C13H19N3O2. The lowest BCUT2D eigenvalue weighted by atomic mass is 9.75. The summed E-state index contributed by atoms with van der Waals surface area (Å²) >= 11 is 0. The molecular weight excluding hydrogens is 230 g/mol. The molecule has 2 N–H and O–H groups in total. The van der Waals surface area contributed by atoms with Gasteiger partial charge in [0.25, 0.3) is 0 Å². The van der Waals surface area contributed by atoms with Gasteiger partial charge >= 0.3 is 5.97 Å². The van der Waals surface area contributed by atoms with Crippen LogP contribution in [0.25, 0.3) is 0 Å². The molecule has 18 heavy (non-hydrogen) atoms. The lowest BCUT2D eigenvalue weighted by molar-refractivity contribution is 0.0697. The van der Waals surface area contributed by atoms with Crippen molar-refractivity contribution in [3.05, 3.63) is 18.1 Å². The number of hydrogen-bond acceptors (Lipinski definition) is 4. The number of aromatic carboxylic acids is 1. The van der Waals surface area contributed by atoms with Gasteiger partial charge in [0.15, 0.2) is 0 Å². The fourth-order valence-electron chi connectivity index (χ4n) is 2.62. The molecule has 2 rings (SSSR count). The predicted octanol–water partition coefficient (Wildman–Crippen LogP) is 2.56. The third-order valence-corrected chi connectivity index (χ3v) is 3.49. The molecule has 0 saturated heterocycles. The van der Waals surface area contributed by atoms with Crippen LogP contribution >= 0.6 is 0 Å². The molecule has 1 aliphatic carbocycles. The molecule has 0 spiro atoms. The Bertz CT molecular complexity index is 446. The van der Waals surface area contributed by atoms with Gasteiger partial charge in [-0.2, -0.15) is 0 Å². The normalized spacial score (nSPS) is 22.4. The van der Waals surface area contributed by atoms with Crippen LogP contribution in [0.1, 0.15) is 49.9 Å². The van der Waals surface area contributed by atoms with Crippen molar-refractivity contribution < 1.29 is 9.90 Å². The second-order valence-electron chi connectivity index (χ2n) is 5.69. The first-order valence-corrected chi connectivity index (χ1v) is 6.28. The van der Waals surface area contributed by atoms with Gasteiger partial charge in [0, 0.05) is 12.2 Å². The van der Waals surface area contributed by atoms with Crippen LogP contribution in [0.2, 0.25) is 0 Å². The molecule has 1 aromatic rings. The van der Waals surface area contributed by atoms with Crippen LogP contribution in [0, 0.1) is 5.41 Å². The molecule has 1 saturated carbocycles. The van der Waals surface area contributed by atoms with Crippen LogP contribution in [-0.4, -0.2) is 27.1 Å². The number of carboxylic acids is 1. The van der Waals surface area contributed by atoms with E-state index in [1.54, 1.807) is 0 Å². The van der Waals surface area contributed by atoms with E-state index >= 15 is 0 Å². The van der Waals surface area contributed by atoms with Gasteiger partial charge in [-0.3, -0.25) is 0 Å². The van der Waals surface area contributed by atoms with E-state index in [2.05, 4.69) is 29.1 Å². The SMILES string of the molecule is CC1(C)CCCC(Nc2ncncc2C(=O)O)C1. The van der Waals surface area contributed by atoms with Crippen molar-refractivity contribution in [1.82, 2.24) is 9.97 Å². The van der Waals surface area contributed by atoms with Crippen LogP contribution in [0.5, 0.6) is 0 Å². The van der Waals surface area contributed by atoms with Gasteiger partial charge in [0.05, 0.1) is 0 Å². The predicted molar refractivity (Wildman–Crippen MR) is 68.7 cm³/mol. The number of hydrogen-bond donors (Lipinski definition) is 2. The zero-order chi connectivity index (χ0) is 13.2. The van der Waals surface area contributed by atoms with Crippen LogP contribution in [0.15, 0.2) is 12.5 Å². The van der Waals surface area contributed by atoms with E-state index in [9.17, 15) is 4.79 Å². The second kappa shape index (κ2) is 4.92. The minimum atomic E-state index is -0.992. The number of anilines is 1. The van der Waals surface area contributed by atoms with Gasteiger partial charge in [0.2, 0.25) is 0 Å². The van der Waals surface area contributed by atoms with E-state index in [1.165, 1.54) is 18.9 Å². The first-order chi connectivity index (χ1) is 8.48. The van der Waals surface area contributed by atoms with E-state index in [1.807, 2.05) is 0 Å². The quantitative estimate of drug-likeness (QED) is 0.861. The monoisotopic (exact) mass is 249 g/mol. The Hall–Kier alpha value is -1.65. The molecule has 0 aromatic carbocycles. The maximum absolute atomic E-state index is 11.1. The highest BCUT2D eigenvalue weighted by atomic mass is 16.4. The van der Waals surface area contributed by atoms with Crippen molar-refractivity contribution in [2.45, 2.75) is 45.6 Å². The average Bonchev–Trinajstić information content (AvgIpc) is 2.28. The van der Waals surface area contributed by atoms with Gasteiger partial charge in [-0.25, -0.2) is 14.8 Å². The van der Waals surface area contributed by atoms with Crippen molar-refractivity contribution in [1.29, 1.82) is 0 Å². The van der Waals surface area contributed by atoms with Crippen LogP contribution in [0.4, 0.5) is 5.82 Å². The third-order valence-electron chi connectivity index (χ3n) is 3.49. The number of nitrogens with zero attached hydrogens (tertiary/aromatic N) is 2. The fourth-order valence-corrected chi connectivity index (χ4v) is 2.62. The maximum Gasteiger partial charge on any atom is 0.341 e. The van der Waals surface area contributed by atoms with Crippen molar-refractivity contribution in [2.75, 3.05) is 5.32 Å². The molecule has 1 heterocycles. The van der Waals surface area contributed by atoms with E-state index in [0.717, 1.165) is 19.3 Å². The second-order valence-corrected chi connectivity index (χ2v) is 5.69. The minimum Gasteiger partial charge on any atom is -0.477 e. The molecule has 1 aliphatic rings. The molecule has 1 fully saturated rings. The highest BCUT2D eigenvalue weighted by Gasteiger charge is 2.28. The number of carbonyl (C=O) groups is 1. The third kappa shape index (κ3) is 2.97. The molecule has 1 aromatic heterocycles.